The molecule has 6 heteroatoms. The summed E-state index contributed by atoms with van der Waals surface area (Å²) in [7, 11) is 0. The van der Waals surface area contributed by atoms with Crippen LogP contribution >= 0.6 is 0 Å². The number of ether oxygens (including phenoxy) is 1. The van der Waals surface area contributed by atoms with E-state index in [-0.39, 0.29) is 24.2 Å². The van der Waals surface area contributed by atoms with Crippen LogP contribution in [0, 0.1) is 5.82 Å². The molecule has 1 aromatic carbocycles. The highest BCUT2D eigenvalue weighted by atomic mass is 19.1. The van der Waals surface area contributed by atoms with E-state index in [2.05, 4.69) is 0 Å². The molecule has 20 heavy (non-hydrogen) atoms. The lowest BCUT2D eigenvalue weighted by molar-refractivity contribution is -0.145. The van der Waals surface area contributed by atoms with E-state index in [1.165, 1.54) is 18.2 Å². The summed E-state index contributed by atoms with van der Waals surface area (Å²) in [5, 5.41) is 8.53. The van der Waals surface area contributed by atoms with Gasteiger partial charge in [0.1, 0.15) is 12.4 Å². The molecule has 1 amide bonds. The Kier molecular flexibility index (Phi) is 4.68. The van der Waals surface area contributed by atoms with Gasteiger partial charge in [-0.1, -0.05) is 12.1 Å². The molecule has 5 nitrogen and oxygen atoms in total. The van der Waals surface area contributed by atoms with E-state index in [0.29, 0.717) is 25.9 Å². The Morgan fingerprint density at radius 2 is 1.95 bits per heavy atom. The second kappa shape index (κ2) is 6.47. The van der Waals surface area contributed by atoms with Gasteiger partial charge >= 0.3 is 5.97 Å². The minimum atomic E-state index is -1.00. The third-order valence-corrected chi connectivity index (χ3v) is 3.28. The van der Waals surface area contributed by atoms with Gasteiger partial charge in [0, 0.05) is 13.1 Å². The number of carboxylic acid groups (broad SMARTS) is 1. The monoisotopic (exact) mass is 281 g/mol. The Hall–Kier alpha value is -1.95. The Morgan fingerprint density at radius 3 is 2.55 bits per heavy atom. The van der Waals surface area contributed by atoms with Crippen molar-refractivity contribution in [1.82, 2.24) is 4.90 Å². The standard InChI is InChI=1S/C14H16FNO4/c15-12-4-2-1-3-11(12)14(19)16-7-5-10(6-8-16)20-9-13(17)18/h1-4,10H,5-9H2,(H,17,18). The van der Waals surface area contributed by atoms with Gasteiger partial charge in [-0.05, 0) is 25.0 Å². The van der Waals surface area contributed by atoms with Crippen LogP contribution in [0.5, 0.6) is 0 Å². The Labute approximate surface area is 116 Å². The normalized spacial score (nSPS) is 16.1. The summed E-state index contributed by atoms with van der Waals surface area (Å²) in [6.07, 6.45) is 0.969. The number of carboxylic acids is 1. The molecule has 1 N–H and O–H groups in total. The zero-order valence-electron chi connectivity index (χ0n) is 10.9. The number of carbonyl (C=O) groups excluding carboxylic acids is 1. The molecule has 0 unspecified atom stereocenters. The van der Waals surface area contributed by atoms with Crippen LogP contribution in [-0.2, 0) is 9.53 Å². The van der Waals surface area contributed by atoms with Gasteiger partial charge in [0.15, 0.2) is 0 Å². The minimum Gasteiger partial charge on any atom is -0.480 e. The zero-order valence-corrected chi connectivity index (χ0v) is 10.9. The van der Waals surface area contributed by atoms with Crippen molar-refractivity contribution in [3.05, 3.63) is 35.6 Å². The summed E-state index contributed by atoms with van der Waals surface area (Å²) in [6.45, 7) is 0.556. The molecule has 108 valence electrons. The average Bonchev–Trinajstić information content (AvgIpc) is 2.45. The van der Waals surface area contributed by atoms with Gasteiger partial charge < -0.3 is 14.7 Å². The predicted molar refractivity (Wildman–Crippen MR) is 68.9 cm³/mol. The summed E-state index contributed by atoms with van der Waals surface area (Å²) in [5.41, 5.74) is 0.0670. The SMILES string of the molecule is O=C(O)COC1CCN(C(=O)c2ccccc2F)CC1. The number of halogens is 1. The number of nitrogens with zero attached hydrogens (tertiary/aromatic N) is 1. The maximum atomic E-state index is 13.5. The molecule has 0 aliphatic carbocycles. The molecule has 0 aromatic heterocycles. The van der Waals surface area contributed by atoms with Crippen LogP contribution < -0.4 is 0 Å². The Morgan fingerprint density at radius 1 is 1.30 bits per heavy atom. The van der Waals surface area contributed by atoms with Crippen LogP contribution in [0.25, 0.3) is 0 Å². The van der Waals surface area contributed by atoms with E-state index in [0.717, 1.165) is 0 Å². The maximum absolute atomic E-state index is 13.5. The first-order valence-electron chi connectivity index (χ1n) is 6.45. The first-order valence-corrected chi connectivity index (χ1v) is 6.45. The van der Waals surface area contributed by atoms with Crippen LogP contribution in [0.3, 0.4) is 0 Å². The third-order valence-electron chi connectivity index (χ3n) is 3.28. The van der Waals surface area contributed by atoms with Crippen molar-refractivity contribution in [1.29, 1.82) is 0 Å². The number of amides is 1. The van der Waals surface area contributed by atoms with Crippen molar-refractivity contribution in [2.45, 2.75) is 18.9 Å². The fraction of sp³-hybridized carbons (Fsp3) is 0.429. The van der Waals surface area contributed by atoms with Crippen LogP contribution in [0.2, 0.25) is 0 Å². The smallest absolute Gasteiger partial charge is 0.329 e. The van der Waals surface area contributed by atoms with Gasteiger partial charge in [-0.15, -0.1) is 0 Å². The van der Waals surface area contributed by atoms with Gasteiger partial charge in [0.2, 0.25) is 0 Å². The number of aliphatic carboxylic acids is 1. The molecule has 1 fully saturated rings. The Bertz CT molecular complexity index is 498. The molecule has 1 aliphatic heterocycles. The van der Waals surface area contributed by atoms with Crippen molar-refractivity contribution in [2.24, 2.45) is 0 Å². The molecule has 1 aromatic rings. The van der Waals surface area contributed by atoms with Gasteiger partial charge in [-0.3, -0.25) is 4.79 Å². The molecule has 0 saturated carbocycles. The highest BCUT2D eigenvalue weighted by Gasteiger charge is 2.25. The molecule has 1 aliphatic rings. The maximum Gasteiger partial charge on any atom is 0.329 e. The number of benzene rings is 1. The average molecular weight is 281 g/mol. The van der Waals surface area contributed by atoms with Crippen LogP contribution in [0.15, 0.2) is 24.3 Å². The van der Waals surface area contributed by atoms with Gasteiger partial charge in [-0.25, -0.2) is 9.18 Å². The number of rotatable bonds is 4. The van der Waals surface area contributed by atoms with Crippen molar-refractivity contribution in [3.8, 4) is 0 Å². The lowest BCUT2D eigenvalue weighted by atomic mass is 10.1. The number of carbonyl (C=O) groups is 2. The molecule has 0 bridgehead atoms. The quantitative estimate of drug-likeness (QED) is 0.909. The van der Waals surface area contributed by atoms with Crippen molar-refractivity contribution in [2.75, 3.05) is 19.7 Å². The lowest BCUT2D eigenvalue weighted by Crippen LogP contribution is -2.41. The molecular formula is C14H16FNO4. The van der Waals surface area contributed by atoms with Crippen LogP contribution in [0.4, 0.5) is 4.39 Å². The molecule has 0 spiro atoms. The molecule has 2 rings (SSSR count). The third kappa shape index (κ3) is 3.54. The van der Waals surface area contributed by atoms with E-state index < -0.39 is 11.8 Å². The number of hydrogen-bond donors (Lipinski definition) is 1. The molecule has 1 saturated heterocycles. The number of piperidine rings is 1. The van der Waals surface area contributed by atoms with E-state index in [9.17, 15) is 14.0 Å². The fourth-order valence-electron chi connectivity index (χ4n) is 2.22. The van der Waals surface area contributed by atoms with E-state index in [1.807, 2.05) is 0 Å². The van der Waals surface area contributed by atoms with E-state index in [1.54, 1.807) is 11.0 Å². The van der Waals surface area contributed by atoms with Crippen molar-refractivity contribution in [3.63, 3.8) is 0 Å². The van der Waals surface area contributed by atoms with Gasteiger partial charge in [-0.2, -0.15) is 0 Å². The summed E-state index contributed by atoms with van der Waals surface area (Å²) < 4.78 is 18.7. The minimum absolute atomic E-state index is 0.0670. The Balaban J connectivity index is 1.89. The molecule has 0 radical (unpaired) electrons. The van der Waals surface area contributed by atoms with Crippen molar-refractivity contribution < 1.29 is 23.8 Å². The van der Waals surface area contributed by atoms with Crippen molar-refractivity contribution >= 4 is 11.9 Å². The predicted octanol–water partition coefficient (Wildman–Crippen LogP) is 1.53. The highest BCUT2D eigenvalue weighted by Crippen LogP contribution is 2.17. The number of hydrogen-bond acceptors (Lipinski definition) is 3. The largest absolute Gasteiger partial charge is 0.480 e. The summed E-state index contributed by atoms with van der Waals surface area (Å²) in [5.74, 6) is -1.86. The lowest BCUT2D eigenvalue weighted by Gasteiger charge is -2.31. The highest BCUT2D eigenvalue weighted by molar-refractivity contribution is 5.94. The van der Waals surface area contributed by atoms with E-state index >= 15 is 0 Å². The van der Waals surface area contributed by atoms with Crippen LogP contribution in [0.1, 0.15) is 23.2 Å². The van der Waals surface area contributed by atoms with Gasteiger partial charge in [0.05, 0.1) is 11.7 Å². The molecule has 0 atom stereocenters. The summed E-state index contributed by atoms with van der Waals surface area (Å²) >= 11 is 0. The van der Waals surface area contributed by atoms with E-state index in [4.69, 9.17) is 9.84 Å². The first-order chi connectivity index (χ1) is 9.58. The first kappa shape index (κ1) is 14.5. The van der Waals surface area contributed by atoms with Crippen LogP contribution in [-0.4, -0.2) is 47.7 Å². The molecular weight excluding hydrogens is 265 g/mol. The summed E-state index contributed by atoms with van der Waals surface area (Å²) in [6, 6.07) is 5.89. The van der Waals surface area contributed by atoms with Gasteiger partial charge in [0.25, 0.3) is 5.91 Å². The number of likely N-dealkylation sites (tertiary alicyclic amines) is 1. The molecule has 1 heterocycles. The second-order valence-corrected chi connectivity index (χ2v) is 4.68. The zero-order chi connectivity index (χ0) is 14.5. The topological polar surface area (TPSA) is 66.8 Å². The fourth-order valence-corrected chi connectivity index (χ4v) is 2.22. The second-order valence-electron chi connectivity index (χ2n) is 4.68. The summed E-state index contributed by atoms with van der Waals surface area (Å²) in [4.78, 5) is 24.1.